The molecule has 5 amide bonds. The maximum absolute atomic E-state index is 11.9. The standard InChI is InChI=1S/C23H42N6O9/c1-3-8-25-20(32)14-27-21(33)15-28-22(34)16-38-13-12-37-11-10-26-18(30)7-6-17(23(35)36)29-19(31)5-4-9-24-2/h17,24H,3-16H2,1-2H3,(H,25,32)(H,26,30)(H,27,33)(H,28,34)(H,29,31)(H,35,36). The van der Waals surface area contributed by atoms with Crippen LogP contribution >= 0.6 is 0 Å². The van der Waals surface area contributed by atoms with Crippen molar-refractivity contribution in [2.45, 2.75) is 45.1 Å². The average Bonchev–Trinajstić information content (AvgIpc) is 2.88. The number of hydrogen-bond donors (Lipinski definition) is 7. The van der Waals surface area contributed by atoms with Crippen LogP contribution in [0.25, 0.3) is 0 Å². The molecule has 0 rings (SSSR count). The van der Waals surface area contributed by atoms with Gasteiger partial charge in [-0.3, -0.25) is 24.0 Å². The number of nitrogens with one attached hydrogen (secondary N) is 6. The first-order valence-electron chi connectivity index (χ1n) is 12.6. The molecule has 0 bridgehead atoms. The predicted molar refractivity (Wildman–Crippen MR) is 136 cm³/mol. The van der Waals surface area contributed by atoms with Gasteiger partial charge >= 0.3 is 5.97 Å². The largest absolute Gasteiger partial charge is 0.480 e. The van der Waals surface area contributed by atoms with Crippen LogP contribution in [0, 0.1) is 0 Å². The van der Waals surface area contributed by atoms with E-state index in [1.165, 1.54) is 0 Å². The van der Waals surface area contributed by atoms with Crippen LogP contribution in [-0.4, -0.2) is 113 Å². The molecule has 0 aromatic carbocycles. The number of amides is 5. The zero-order valence-corrected chi connectivity index (χ0v) is 22.2. The number of carboxylic acids is 1. The van der Waals surface area contributed by atoms with Gasteiger partial charge in [-0.2, -0.15) is 0 Å². The minimum atomic E-state index is -1.20. The molecule has 0 aromatic rings. The summed E-state index contributed by atoms with van der Waals surface area (Å²) < 4.78 is 10.4. The number of ether oxygens (including phenoxy) is 2. The summed E-state index contributed by atoms with van der Waals surface area (Å²) in [6.07, 6.45) is 1.45. The van der Waals surface area contributed by atoms with Crippen LogP contribution in [0.1, 0.15) is 39.0 Å². The van der Waals surface area contributed by atoms with Gasteiger partial charge in [-0.15, -0.1) is 0 Å². The molecule has 0 aromatic heterocycles. The normalized spacial score (nSPS) is 11.2. The molecule has 15 nitrogen and oxygen atoms in total. The number of carbonyl (C=O) groups excluding carboxylic acids is 5. The molecule has 0 saturated carbocycles. The molecule has 0 saturated heterocycles. The number of rotatable bonds is 23. The van der Waals surface area contributed by atoms with Gasteiger partial charge in [-0.1, -0.05) is 6.92 Å². The molecule has 38 heavy (non-hydrogen) atoms. The second kappa shape index (κ2) is 22.9. The lowest BCUT2D eigenvalue weighted by Gasteiger charge is -2.14. The molecule has 1 atom stereocenters. The third-order valence-electron chi connectivity index (χ3n) is 4.76. The average molecular weight is 547 g/mol. The fourth-order valence-electron chi connectivity index (χ4n) is 2.76. The van der Waals surface area contributed by atoms with Crippen molar-refractivity contribution in [2.75, 3.05) is 66.2 Å². The third-order valence-corrected chi connectivity index (χ3v) is 4.76. The quantitative estimate of drug-likeness (QED) is 0.0656. The van der Waals surface area contributed by atoms with E-state index in [1.54, 1.807) is 7.05 Å². The van der Waals surface area contributed by atoms with Gasteiger partial charge in [0, 0.05) is 25.9 Å². The van der Waals surface area contributed by atoms with E-state index in [9.17, 15) is 33.9 Å². The lowest BCUT2D eigenvalue weighted by molar-refractivity contribution is -0.142. The van der Waals surface area contributed by atoms with Crippen LogP contribution in [0.4, 0.5) is 0 Å². The first kappa shape index (κ1) is 34.7. The summed E-state index contributed by atoms with van der Waals surface area (Å²) in [5.41, 5.74) is 0. The first-order valence-corrected chi connectivity index (χ1v) is 12.6. The van der Waals surface area contributed by atoms with Crippen molar-refractivity contribution in [1.29, 1.82) is 0 Å². The molecular weight excluding hydrogens is 504 g/mol. The summed E-state index contributed by atoms with van der Waals surface area (Å²) in [7, 11) is 1.75. The van der Waals surface area contributed by atoms with Crippen LogP contribution in [0.15, 0.2) is 0 Å². The molecule has 1 unspecified atom stereocenters. The van der Waals surface area contributed by atoms with Crippen molar-refractivity contribution in [3.63, 3.8) is 0 Å². The Morgan fingerprint density at radius 3 is 2.00 bits per heavy atom. The number of carbonyl (C=O) groups is 6. The Kier molecular flexibility index (Phi) is 20.9. The van der Waals surface area contributed by atoms with E-state index in [0.29, 0.717) is 19.5 Å². The van der Waals surface area contributed by atoms with Crippen LogP contribution < -0.4 is 31.9 Å². The lowest BCUT2D eigenvalue weighted by Crippen LogP contribution is -2.42. The molecule has 0 spiro atoms. The van der Waals surface area contributed by atoms with Crippen molar-refractivity contribution in [3.8, 4) is 0 Å². The van der Waals surface area contributed by atoms with Gasteiger partial charge < -0.3 is 46.5 Å². The zero-order valence-electron chi connectivity index (χ0n) is 22.2. The van der Waals surface area contributed by atoms with E-state index in [-0.39, 0.29) is 83.0 Å². The fraction of sp³-hybridized carbons (Fsp3) is 0.739. The predicted octanol–water partition coefficient (Wildman–Crippen LogP) is -2.76. The molecule has 0 aliphatic heterocycles. The van der Waals surface area contributed by atoms with Crippen molar-refractivity contribution in [1.82, 2.24) is 31.9 Å². The van der Waals surface area contributed by atoms with E-state index in [0.717, 1.165) is 6.42 Å². The van der Waals surface area contributed by atoms with Gasteiger partial charge in [0.1, 0.15) is 12.6 Å². The number of aliphatic carboxylic acids is 1. The molecule has 7 N–H and O–H groups in total. The molecule has 0 heterocycles. The summed E-state index contributed by atoms with van der Waals surface area (Å²) in [6.45, 7) is 2.99. The van der Waals surface area contributed by atoms with Crippen LogP contribution in [0.3, 0.4) is 0 Å². The summed E-state index contributed by atoms with van der Waals surface area (Å²) in [5.74, 6) is -3.27. The minimum Gasteiger partial charge on any atom is -0.480 e. The van der Waals surface area contributed by atoms with E-state index < -0.39 is 23.8 Å². The maximum atomic E-state index is 11.9. The van der Waals surface area contributed by atoms with Gasteiger partial charge in [0.25, 0.3) is 0 Å². The molecule has 218 valence electrons. The Balaban J connectivity index is 3.78. The van der Waals surface area contributed by atoms with E-state index >= 15 is 0 Å². The smallest absolute Gasteiger partial charge is 0.326 e. The van der Waals surface area contributed by atoms with Gasteiger partial charge in [0.05, 0.1) is 32.9 Å². The van der Waals surface area contributed by atoms with Gasteiger partial charge in [0.15, 0.2) is 0 Å². The summed E-state index contributed by atoms with van der Waals surface area (Å²) in [4.78, 5) is 69.6. The number of hydrogen-bond acceptors (Lipinski definition) is 9. The zero-order chi connectivity index (χ0) is 28.6. The highest BCUT2D eigenvalue weighted by molar-refractivity contribution is 5.88. The van der Waals surface area contributed by atoms with E-state index in [1.807, 2.05) is 6.92 Å². The Bertz CT molecular complexity index is 751. The highest BCUT2D eigenvalue weighted by Crippen LogP contribution is 2.00. The lowest BCUT2D eigenvalue weighted by atomic mass is 10.1. The van der Waals surface area contributed by atoms with Gasteiger partial charge in [-0.25, -0.2) is 4.79 Å². The van der Waals surface area contributed by atoms with Crippen LogP contribution in [0.5, 0.6) is 0 Å². The fourth-order valence-corrected chi connectivity index (χ4v) is 2.76. The van der Waals surface area contributed by atoms with Crippen LogP contribution in [-0.2, 0) is 38.2 Å². The number of carboxylic acid groups (broad SMARTS) is 1. The van der Waals surface area contributed by atoms with Crippen molar-refractivity contribution < 1.29 is 43.3 Å². The van der Waals surface area contributed by atoms with E-state index in [2.05, 4.69) is 31.9 Å². The Morgan fingerprint density at radius 2 is 1.34 bits per heavy atom. The topological polar surface area (TPSA) is 213 Å². The molecule has 0 radical (unpaired) electrons. The molecule has 15 heteroatoms. The summed E-state index contributed by atoms with van der Waals surface area (Å²) in [5, 5.41) is 24.5. The van der Waals surface area contributed by atoms with Gasteiger partial charge in [-0.05, 0) is 32.9 Å². The van der Waals surface area contributed by atoms with Crippen molar-refractivity contribution >= 4 is 35.5 Å². The second-order valence-corrected chi connectivity index (χ2v) is 8.12. The Morgan fingerprint density at radius 1 is 0.711 bits per heavy atom. The van der Waals surface area contributed by atoms with Crippen LogP contribution in [0.2, 0.25) is 0 Å². The molecule has 0 fully saturated rings. The highest BCUT2D eigenvalue weighted by atomic mass is 16.5. The molecule has 0 aliphatic carbocycles. The summed E-state index contributed by atoms with van der Waals surface area (Å²) in [6, 6.07) is -1.14. The Labute approximate surface area is 222 Å². The third kappa shape index (κ3) is 20.8. The van der Waals surface area contributed by atoms with Crippen molar-refractivity contribution in [3.05, 3.63) is 0 Å². The molecular formula is C23H42N6O9. The molecule has 0 aliphatic rings. The maximum Gasteiger partial charge on any atom is 0.326 e. The van der Waals surface area contributed by atoms with E-state index in [4.69, 9.17) is 9.47 Å². The monoisotopic (exact) mass is 546 g/mol. The SMILES string of the molecule is CCCNC(=O)CNC(=O)CNC(=O)COCCOCCNC(=O)CCC(NC(=O)CCCNC)C(=O)O. The first-order chi connectivity index (χ1) is 18.2. The van der Waals surface area contributed by atoms with Crippen molar-refractivity contribution in [2.24, 2.45) is 0 Å². The Hall–Kier alpha value is -3.30. The highest BCUT2D eigenvalue weighted by Gasteiger charge is 2.20. The second-order valence-electron chi connectivity index (χ2n) is 8.12. The minimum absolute atomic E-state index is 0.0361. The summed E-state index contributed by atoms with van der Waals surface area (Å²) >= 11 is 0. The van der Waals surface area contributed by atoms with Gasteiger partial charge in [0.2, 0.25) is 29.5 Å².